The molecular formula is C17H22N2O. The Kier molecular flexibility index (Phi) is 3.77. The number of carbonyl (C=O) groups is 1. The van der Waals surface area contributed by atoms with Gasteiger partial charge in [0, 0.05) is 36.8 Å². The topological polar surface area (TPSA) is 32.3 Å². The summed E-state index contributed by atoms with van der Waals surface area (Å²) in [7, 11) is 0. The summed E-state index contributed by atoms with van der Waals surface area (Å²) < 4.78 is 0. The van der Waals surface area contributed by atoms with E-state index in [0.717, 1.165) is 24.7 Å². The highest BCUT2D eigenvalue weighted by molar-refractivity contribution is 5.90. The van der Waals surface area contributed by atoms with Gasteiger partial charge in [0.15, 0.2) is 0 Å². The summed E-state index contributed by atoms with van der Waals surface area (Å²) in [5.74, 6) is 0.881. The number of allylic oxidation sites excluding steroid dienone is 2. The van der Waals surface area contributed by atoms with Gasteiger partial charge >= 0.3 is 0 Å². The highest BCUT2D eigenvalue weighted by atomic mass is 16.1. The van der Waals surface area contributed by atoms with Crippen molar-refractivity contribution in [3.8, 4) is 0 Å². The number of hydrogen-bond donors (Lipinski definition) is 1. The van der Waals surface area contributed by atoms with E-state index in [1.807, 2.05) is 31.2 Å². The molecule has 1 fully saturated rings. The number of aryl methyl sites for hydroxylation is 1. The van der Waals surface area contributed by atoms with Crippen LogP contribution in [0.2, 0.25) is 0 Å². The predicted octanol–water partition coefficient (Wildman–Crippen LogP) is 3.32. The van der Waals surface area contributed by atoms with Crippen molar-refractivity contribution >= 4 is 11.6 Å². The van der Waals surface area contributed by atoms with Crippen molar-refractivity contribution in [1.82, 2.24) is 4.90 Å². The molecule has 1 aliphatic heterocycles. The molecule has 0 aromatic heterocycles. The highest BCUT2D eigenvalue weighted by Gasteiger charge is 2.30. The van der Waals surface area contributed by atoms with Crippen molar-refractivity contribution in [2.45, 2.75) is 32.6 Å². The number of nitrogens with zero attached hydrogens (tertiary/aromatic N) is 1. The zero-order valence-corrected chi connectivity index (χ0v) is 12.1. The Hall–Kier alpha value is -1.77. The molecule has 20 heavy (non-hydrogen) atoms. The van der Waals surface area contributed by atoms with Crippen LogP contribution in [0.4, 0.5) is 5.69 Å². The number of likely N-dealkylation sites (tertiary alicyclic amines) is 1. The van der Waals surface area contributed by atoms with Gasteiger partial charge in [-0.25, -0.2) is 0 Å². The largest absolute Gasteiger partial charge is 0.374 e. The van der Waals surface area contributed by atoms with E-state index in [1.165, 1.54) is 30.5 Å². The summed E-state index contributed by atoms with van der Waals surface area (Å²) in [6.07, 6.45) is 6.71. The molecule has 0 saturated carbocycles. The second-order valence-corrected chi connectivity index (χ2v) is 5.84. The van der Waals surface area contributed by atoms with Crippen molar-refractivity contribution in [3.63, 3.8) is 0 Å². The molecule has 2 aliphatic rings. The van der Waals surface area contributed by atoms with E-state index in [0.29, 0.717) is 6.42 Å². The van der Waals surface area contributed by atoms with Gasteiger partial charge in [0.05, 0.1) is 0 Å². The second kappa shape index (κ2) is 5.70. The van der Waals surface area contributed by atoms with Gasteiger partial charge in [0.25, 0.3) is 0 Å². The van der Waals surface area contributed by atoms with E-state index in [2.05, 4.69) is 16.3 Å². The summed E-state index contributed by atoms with van der Waals surface area (Å²) in [4.78, 5) is 14.4. The third-order valence-electron chi connectivity index (χ3n) is 4.34. The molecule has 0 bridgehead atoms. The van der Waals surface area contributed by atoms with Crippen LogP contribution >= 0.6 is 0 Å². The minimum absolute atomic E-state index is 0.107. The molecule has 3 rings (SSSR count). The molecule has 1 N–H and O–H groups in total. The van der Waals surface area contributed by atoms with E-state index in [-0.39, 0.29) is 5.91 Å². The lowest BCUT2D eigenvalue weighted by molar-refractivity contribution is -0.116. The fraction of sp³-hybridized carbons (Fsp3) is 0.471. The van der Waals surface area contributed by atoms with Crippen LogP contribution in [-0.2, 0) is 4.79 Å². The predicted molar refractivity (Wildman–Crippen MR) is 81.4 cm³/mol. The van der Waals surface area contributed by atoms with Crippen molar-refractivity contribution in [1.29, 1.82) is 0 Å². The maximum atomic E-state index is 12.0. The Bertz CT molecular complexity index is 518. The van der Waals surface area contributed by atoms with E-state index in [9.17, 15) is 4.79 Å². The van der Waals surface area contributed by atoms with Crippen LogP contribution in [0.25, 0.3) is 0 Å². The van der Waals surface area contributed by atoms with Crippen molar-refractivity contribution < 1.29 is 4.79 Å². The average molecular weight is 270 g/mol. The Morgan fingerprint density at radius 3 is 2.90 bits per heavy atom. The number of hydrogen-bond acceptors (Lipinski definition) is 2. The van der Waals surface area contributed by atoms with Gasteiger partial charge in [0.1, 0.15) is 0 Å². The first kappa shape index (κ1) is 13.2. The molecule has 3 heteroatoms. The Balaban J connectivity index is 1.49. The first-order valence-electron chi connectivity index (χ1n) is 7.54. The van der Waals surface area contributed by atoms with Crippen molar-refractivity contribution in [2.75, 3.05) is 18.4 Å². The smallest absolute Gasteiger partial charge is 0.226 e. The average Bonchev–Trinajstić information content (AvgIpc) is 3.02. The van der Waals surface area contributed by atoms with Crippen LogP contribution in [0.15, 0.2) is 36.0 Å². The lowest BCUT2D eigenvalue weighted by Crippen LogP contribution is -2.24. The quantitative estimate of drug-likeness (QED) is 0.910. The van der Waals surface area contributed by atoms with Gasteiger partial charge < -0.3 is 10.2 Å². The van der Waals surface area contributed by atoms with E-state index < -0.39 is 0 Å². The first-order chi connectivity index (χ1) is 9.72. The molecule has 1 aromatic rings. The lowest BCUT2D eigenvalue weighted by atomic mass is 10.1. The Morgan fingerprint density at radius 1 is 1.30 bits per heavy atom. The van der Waals surface area contributed by atoms with Crippen LogP contribution in [0.1, 0.15) is 31.2 Å². The SMILES string of the molecule is Cc1ccc(NC(=O)CCN2CCC3CCC=C32)cc1. The molecule has 0 radical (unpaired) electrons. The Labute approximate surface area is 120 Å². The fourth-order valence-electron chi connectivity index (χ4n) is 3.21. The summed E-state index contributed by atoms with van der Waals surface area (Å²) in [6.45, 7) is 4.01. The maximum Gasteiger partial charge on any atom is 0.226 e. The summed E-state index contributed by atoms with van der Waals surface area (Å²) in [6, 6.07) is 7.95. The molecule has 0 spiro atoms. The zero-order valence-electron chi connectivity index (χ0n) is 12.1. The maximum absolute atomic E-state index is 12.0. The van der Waals surface area contributed by atoms with Gasteiger partial charge in [0.2, 0.25) is 5.91 Å². The molecule has 1 unspecified atom stereocenters. The minimum Gasteiger partial charge on any atom is -0.374 e. The van der Waals surface area contributed by atoms with Gasteiger partial charge in [-0.2, -0.15) is 0 Å². The molecule has 3 nitrogen and oxygen atoms in total. The van der Waals surface area contributed by atoms with Crippen LogP contribution in [0.5, 0.6) is 0 Å². The molecule has 1 aromatic carbocycles. The zero-order chi connectivity index (χ0) is 13.9. The van der Waals surface area contributed by atoms with Crippen molar-refractivity contribution in [2.24, 2.45) is 5.92 Å². The third kappa shape index (κ3) is 2.87. The van der Waals surface area contributed by atoms with Crippen LogP contribution in [0.3, 0.4) is 0 Å². The van der Waals surface area contributed by atoms with Crippen LogP contribution in [-0.4, -0.2) is 23.9 Å². The molecular weight excluding hydrogens is 248 g/mol. The first-order valence-corrected chi connectivity index (χ1v) is 7.54. The third-order valence-corrected chi connectivity index (χ3v) is 4.34. The number of fused-ring (bicyclic) bond motifs is 1. The van der Waals surface area contributed by atoms with E-state index >= 15 is 0 Å². The molecule has 1 amide bonds. The lowest BCUT2D eigenvalue weighted by Gasteiger charge is -2.19. The van der Waals surface area contributed by atoms with Crippen molar-refractivity contribution in [3.05, 3.63) is 41.6 Å². The number of carbonyl (C=O) groups excluding carboxylic acids is 1. The van der Waals surface area contributed by atoms with E-state index in [4.69, 9.17) is 0 Å². The van der Waals surface area contributed by atoms with E-state index in [1.54, 1.807) is 0 Å². The van der Waals surface area contributed by atoms with Gasteiger partial charge in [-0.3, -0.25) is 4.79 Å². The molecule has 106 valence electrons. The number of amides is 1. The summed E-state index contributed by atoms with van der Waals surface area (Å²) in [5.41, 5.74) is 3.59. The normalized spacial score (nSPS) is 20.8. The van der Waals surface area contributed by atoms with Gasteiger partial charge in [-0.1, -0.05) is 23.8 Å². The molecule has 1 saturated heterocycles. The second-order valence-electron chi connectivity index (χ2n) is 5.84. The Morgan fingerprint density at radius 2 is 2.10 bits per heavy atom. The number of benzene rings is 1. The van der Waals surface area contributed by atoms with Crippen LogP contribution < -0.4 is 5.32 Å². The van der Waals surface area contributed by atoms with Gasteiger partial charge in [-0.15, -0.1) is 0 Å². The number of nitrogens with one attached hydrogen (secondary N) is 1. The number of anilines is 1. The highest BCUT2D eigenvalue weighted by Crippen LogP contribution is 2.36. The summed E-state index contributed by atoms with van der Waals surface area (Å²) in [5, 5.41) is 2.97. The minimum atomic E-state index is 0.107. The molecule has 1 heterocycles. The summed E-state index contributed by atoms with van der Waals surface area (Å²) >= 11 is 0. The standard InChI is InChI=1S/C17H22N2O/c1-13-5-7-15(8-6-13)18-17(20)10-12-19-11-9-14-3-2-4-16(14)19/h4-8,14H,2-3,9-12H2,1H3,(H,18,20). The van der Waals surface area contributed by atoms with Crippen LogP contribution in [0, 0.1) is 12.8 Å². The number of rotatable bonds is 4. The molecule has 1 atom stereocenters. The monoisotopic (exact) mass is 270 g/mol. The fourth-order valence-corrected chi connectivity index (χ4v) is 3.21. The van der Waals surface area contributed by atoms with Gasteiger partial charge in [-0.05, 0) is 38.3 Å². The molecule has 1 aliphatic carbocycles.